The van der Waals surface area contributed by atoms with Gasteiger partial charge in [0, 0.05) is 18.5 Å². The highest BCUT2D eigenvalue weighted by Crippen LogP contribution is 2.28. The minimum Gasteiger partial charge on any atom is -0.473 e. The molecule has 0 atom stereocenters. The van der Waals surface area contributed by atoms with E-state index in [1.165, 1.54) is 0 Å². The van der Waals surface area contributed by atoms with Gasteiger partial charge in [-0.25, -0.2) is 9.50 Å². The van der Waals surface area contributed by atoms with E-state index in [9.17, 15) is 0 Å². The third kappa shape index (κ3) is 1.17. The summed E-state index contributed by atoms with van der Waals surface area (Å²) in [6, 6.07) is 1.77. The number of fused-ring (bicyclic) bond motifs is 1. The summed E-state index contributed by atoms with van der Waals surface area (Å²) in [6.07, 6.45) is 5.99. The van der Waals surface area contributed by atoms with Crippen LogP contribution in [-0.4, -0.2) is 20.7 Å². The van der Waals surface area contributed by atoms with Crippen molar-refractivity contribution in [1.29, 1.82) is 0 Å². The average Bonchev–Trinajstić information content (AvgIpc) is 2.87. The Kier molecular flexibility index (Phi) is 1.41. The van der Waals surface area contributed by atoms with E-state index in [2.05, 4.69) is 10.1 Å². The lowest BCUT2D eigenvalue weighted by atomic mass is 10.5. The molecule has 1 aliphatic carbocycles. The van der Waals surface area contributed by atoms with Gasteiger partial charge in [0.2, 0.25) is 5.88 Å². The van der Waals surface area contributed by atoms with E-state index in [1.54, 1.807) is 23.0 Å². The van der Waals surface area contributed by atoms with E-state index in [4.69, 9.17) is 10.5 Å². The fourth-order valence-corrected chi connectivity index (χ4v) is 1.35. The predicted octanol–water partition coefficient (Wildman–Crippen LogP) is 0.853. The van der Waals surface area contributed by atoms with E-state index in [0.717, 1.165) is 18.4 Å². The van der Waals surface area contributed by atoms with Gasteiger partial charge < -0.3 is 10.5 Å². The Morgan fingerprint density at radius 3 is 3.14 bits per heavy atom. The summed E-state index contributed by atoms with van der Waals surface area (Å²) in [6.45, 7) is 0. The summed E-state index contributed by atoms with van der Waals surface area (Å²) in [5.41, 5.74) is 6.42. The molecule has 1 aliphatic rings. The van der Waals surface area contributed by atoms with Crippen LogP contribution >= 0.6 is 0 Å². The summed E-state index contributed by atoms with van der Waals surface area (Å²) < 4.78 is 7.30. The van der Waals surface area contributed by atoms with Gasteiger partial charge in [0.25, 0.3) is 0 Å². The first kappa shape index (κ1) is 7.61. The normalized spacial score (nSPS) is 16.0. The predicted molar refractivity (Wildman–Crippen MR) is 51.0 cm³/mol. The molecular formula is C9H10N4O. The molecule has 1 fully saturated rings. The molecule has 72 valence electrons. The highest BCUT2D eigenvalue weighted by molar-refractivity contribution is 5.60. The number of anilines is 1. The van der Waals surface area contributed by atoms with E-state index >= 15 is 0 Å². The summed E-state index contributed by atoms with van der Waals surface area (Å²) in [7, 11) is 0. The second-order valence-corrected chi connectivity index (χ2v) is 3.45. The van der Waals surface area contributed by atoms with Gasteiger partial charge in [0.05, 0.1) is 0 Å². The second kappa shape index (κ2) is 2.60. The fourth-order valence-electron chi connectivity index (χ4n) is 1.35. The topological polar surface area (TPSA) is 65.4 Å². The number of rotatable bonds is 2. The molecule has 2 N–H and O–H groups in total. The van der Waals surface area contributed by atoms with Crippen LogP contribution in [0.25, 0.3) is 5.52 Å². The van der Waals surface area contributed by atoms with Crippen LogP contribution in [0.3, 0.4) is 0 Å². The van der Waals surface area contributed by atoms with Crippen molar-refractivity contribution in [3.8, 4) is 5.88 Å². The van der Waals surface area contributed by atoms with Gasteiger partial charge in [-0.3, -0.25) is 0 Å². The van der Waals surface area contributed by atoms with Crippen LogP contribution in [0.2, 0.25) is 0 Å². The molecule has 2 aromatic rings. The Morgan fingerprint density at radius 2 is 2.36 bits per heavy atom. The van der Waals surface area contributed by atoms with E-state index in [0.29, 0.717) is 17.8 Å². The molecule has 0 saturated heterocycles. The number of aromatic nitrogens is 3. The SMILES string of the molecule is Nc1cc2c(OC3CC3)nccn2n1. The maximum Gasteiger partial charge on any atom is 0.240 e. The minimum absolute atomic E-state index is 0.338. The van der Waals surface area contributed by atoms with Crippen LogP contribution < -0.4 is 10.5 Å². The molecule has 14 heavy (non-hydrogen) atoms. The minimum atomic E-state index is 0.338. The molecule has 3 rings (SSSR count). The van der Waals surface area contributed by atoms with Crippen molar-refractivity contribution in [2.24, 2.45) is 0 Å². The molecule has 0 bridgehead atoms. The number of nitrogens with two attached hydrogens (primary N) is 1. The summed E-state index contributed by atoms with van der Waals surface area (Å²) in [4.78, 5) is 4.16. The average molecular weight is 190 g/mol. The van der Waals surface area contributed by atoms with Crippen molar-refractivity contribution in [2.75, 3.05) is 5.73 Å². The summed E-state index contributed by atoms with van der Waals surface area (Å²) in [5, 5.41) is 4.08. The van der Waals surface area contributed by atoms with Gasteiger partial charge in [-0.05, 0) is 12.8 Å². The first-order valence-corrected chi connectivity index (χ1v) is 4.59. The van der Waals surface area contributed by atoms with Gasteiger partial charge in [0.15, 0.2) is 0 Å². The van der Waals surface area contributed by atoms with Crippen LogP contribution in [0.5, 0.6) is 5.88 Å². The van der Waals surface area contributed by atoms with Gasteiger partial charge in [-0.15, -0.1) is 0 Å². The number of hydrogen-bond donors (Lipinski definition) is 1. The van der Waals surface area contributed by atoms with Crippen molar-refractivity contribution in [3.05, 3.63) is 18.5 Å². The van der Waals surface area contributed by atoms with Crippen molar-refractivity contribution in [2.45, 2.75) is 18.9 Å². The Hall–Kier alpha value is -1.78. The largest absolute Gasteiger partial charge is 0.473 e. The Bertz CT molecular complexity index is 475. The standard InChI is InChI=1S/C9H10N4O/c10-8-5-7-9(14-6-1-2-6)11-3-4-13(7)12-8/h3-6H,1-2H2,(H2,10,12). The molecule has 0 radical (unpaired) electrons. The lowest BCUT2D eigenvalue weighted by molar-refractivity contribution is 0.293. The summed E-state index contributed by atoms with van der Waals surface area (Å²) >= 11 is 0. The zero-order valence-corrected chi connectivity index (χ0v) is 7.55. The first-order chi connectivity index (χ1) is 6.83. The van der Waals surface area contributed by atoms with Crippen LogP contribution in [0.15, 0.2) is 18.5 Å². The number of hydrogen-bond acceptors (Lipinski definition) is 4. The van der Waals surface area contributed by atoms with Crippen molar-refractivity contribution in [3.63, 3.8) is 0 Å². The van der Waals surface area contributed by atoms with Crippen molar-refractivity contribution in [1.82, 2.24) is 14.6 Å². The van der Waals surface area contributed by atoms with Gasteiger partial charge in [-0.1, -0.05) is 0 Å². The smallest absolute Gasteiger partial charge is 0.240 e. The third-order valence-corrected chi connectivity index (χ3v) is 2.18. The van der Waals surface area contributed by atoms with Gasteiger partial charge in [-0.2, -0.15) is 5.10 Å². The quantitative estimate of drug-likeness (QED) is 0.762. The number of ether oxygens (including phenoxy) is 1. The first-order valence-electron chi connectivity index (χ1n) is 4.59. The number of nitrogen functional groups attached to an aromatic ring is 1. The van der Waals surface area contributed by atoms with Crippen molar-refractivity contribution < 1.29 is 4.74 Å². The van der Waals surface area contributed by atoms with E-state index in [1.807, 2.05) is 0 Å². The Balaban J connectivity index is 2.11. The molecule has 1 saturated carbocycles. The highest BCUT2D eigenvalue weighted by atomic mass is 16.5. The Morgan fingerprint density at radius 1 is 1.50 bits per heavy atom. The molecule has 0 unspecified atom stereocenters. The fraction of sp³-hybridized carbons (Fsp3) is 0.333. The molecule has 5 heteroatoms. The van der Waals surface area contributed by atoms with E-state index in [-0.39, 0.29) is 0 Å². The second-order valence-electron chi connectivity index (χ2n) is 3.45. The van der Waals surface area contributed by atoms with Gasteiger partial charge in [0.1, 0.15) is 17.4 Å². The number of nitrogens with zero attached hydrogens (tertiary/aromatic N) is 3. The van der Waals surface area contributed by atoms with Gasteiger partial charge >= 0.3 is 0 Å². The molecule has 5 nitrogen and oxygen atoms in total. The maximum atomic E-state index is 5.62. The lowest BCUT2D eigenvalue weighted by Gasteiger charge is -2.03. The van der Waals surface area contributed by atoms with Crippen LogP contribution in [0.4, 0.5) is 5.82 Å². The van der Waals surface area contributed by atoms with Crippen LogP contribution in [0, 0.1) is 0 Å². The summed E-state index contributed by atoms with van der Waals surface area (Å²) in [5.74, 6) is 1.11. The van der Waals surface area contributed by atoms with Crippen LogP contribution in [-0.2, 0) is 0 Å². The maximum absolute atomic E-state index is 5.62. The molecule has 0 spiro atoms. The zero-order valence-electron chi connectivity index (χ0n) is 7.55. The zero-order chi connectivity index (χ0) is 9.54. The lowest BCUT2D eigenvalue weighted by Crippen LogP contribution is -2.00. The molecule has 0 aromatic carbocycles. The van der Waals surface area contributed by atoms with Crippen LogP contribution in [0.1, 0.15) is 12.8 Å². The molecule has 2 heterocycles. The molecule has 0 aliphatic heterocycles. The highest BCUT2D eigenvalue weighted by Gasteiger charge is 2.25. The molecule has 0 amide bonds. The molecular weight excluding hydrogens is 180 g/mol. The van der Waals surface area contributed by atoms with E-state index < -0.39 is 0 Å². The van der Waals surface area contributed by atoms with Crippen molar-refractivity contribution >= 4 is 11.3 Å². The molecule has 2 aromatic heterocycles. The Labute approximate surface area is 80.5 Å². The third-order valence-electron chi connectivity index (χ3n) is 2.18. The monoisotopic (exact) mass is 190 g/mol.